The lowest BCUT2D eigenvalue weighted by Crippen LogP contribution is -2.42. The molecular weight excluding hydrogens is 270 g/mol. The summed E-state index contributed by atoms with van der Waals surface area (Å²) in [6, 6.07) is 3.64. The predicted octanol–water partition coefficient (Wildman–Crippen LogP) is 1.63. The molecule has 6 nitrogen and oxygen atoms in total. The molecule has 0 fully saturated rings. The highest BCUT2D eigenvalue weighted by atomic mass is 16.4. The smallest absolute Gasteiger partial charge is 0.338 e. The fourth-order valence-electron chi connectivity index (χ4n) is 2.25. The summed E-state index contributed by atoms with van der Waals surface area (Å²) in [4.78, 5) is 29.2. The van der Waals surface area contributed by atoms with Gasteiger partial charge in [-0.3, -0.25) is 14.7 Å². The number of nitrogens with one attached hydrogen (secondary N) is 1. The zero-order chi connectivity index (χ0) is 16.0. The van der Waals surface area contributed by atoms with E-state index in [4.69, 9.17) is 5.11 Å². The molecule has 0 saturated carbocycles. The molecular formula is C15H23N3O3. The third kappa shape index (κ3) is 4.82. The van der Waals surface area contributed by atoms with Crippen LogP contribution in [0.25, 0.3) is 0 Å². The van der Waals surface area contributed by atoms with Crippen LogP contribution in [-0.2, 0) is 0 Å². The average molecular weight is 293 g/mol. The summed E-state index contributed by atoms with van der Waals surface area (Å²) in [5.41, 5.74) is -0.134. The number of hydrogen-bond donors (Lipinski definition) is 2. The topological polar surface area (TPSA) is 82.5 Å². The highest BCUT2D eigenvalue weighted by molar-refractivity contribution is 6.03. The molecule has 1 aromatic heterocycles. The molecule has 21 heavy (non-hydrogen) atoms. The van der Waals surface area contributed by atoms with Crippen molar-refractivity contribution in [1.82, 2.24) is 15.2 Å². The fraction of sp³-hybridized carbons (Fsp3) is 0.533. The number of pyridine rings is 1. The van der Waals surface area contributed by atoms with Gasteiger partial charge in [-0.05, 0) is 39.8 Å². The number of carboxylic acid groups (broad SMARTS) is 1. The van der Waals surface area contributed by atoms with Crippen LogP contribution in [-0.4, -0.2) is 52.0 Å². The van der Waals surface area contributed by atoms with Gasteiger partial charge in [-0.1, -0.05) is 0 Å². The van der Waals surface area contributed by atoms with E-state index in [2.05, 4.69) is 42.9 Å². The largest absolute Gasteiger partial charge is 0.478 e. The maximum Gasteiger partial charge on any atom is 0.338 e. The summed E-state index contributed by atoms with van der Waals surface area (Å²) in [5.74, 6) is -1.61. The molecule has 0 bridgehead atoms. The van der Waals surface area contributed by atoms with Gasteiger partial charge in [0.2, 0.25) is 0 Å². The van der Waals surface area contributed by atoms with Crippen molar-refractivity contribution in [3.8, 4) is 0 Å². The molecule has 116 valence electrons. The van der Waals surface area contributed by atoms with Gasteiger partial charge in [0.25, 0.3) is 5.91 Å². The van der Waals surface area contributed by atoms with Crippen molar-refractivity contribution >= 4 is 11.9 Å². The molecule has 0 aliphatic heterocycles. The van der Waals surface area contributed by atoms with Crippen molar-refractivity contribution in [2.75, 3.05) is 13.1 Å². The Bertz CT molecular complexity index is 493. The first-order valence-corrected chi connectivity index (χ1v) is 7.06. The minimum absolute atomic E-state index is 0.0503. The molecule has 0 aliphatic rings. The second kappa shape index (κ2) is 7.73. The van der Waals surface area contributed by atoms with Crippen LogP contribution in [0.5, 0.6) is 0 Å². The van der Waals surface area contributed by atoms with E-state index < -0.39 is 11.9 Å². The molecule has 0 aromatic carbocycles. The summed E-state index contributed by atoms with van der Waals surface area (Å²) >= 11 is 0. The summed E-state index contributed by atoms with van der Waals surface area (Å²) in [6.45, 7) is 9.56. The van der Waals surface area contributed by atoms with Crippen LogP contribution in [0.3, 0.4) is 0 Å². The molecule has 0 radical (unpaired) electrons. The number of hydrogen-bond acceptors (Lipinski definition) is 4. The van der Waals surface area contributed by atoms with E-state index in [0.717, 1.165) is 0 Å². The minimum Gasteiger partial charge on any atom is -0.478 e. The van der Waals surface area contributed by atoms with Gasteiger partial charge in [-0.2, -0.15) is 0 Å². The maximum atomic E-state index is 12.0. The number of aromatic nitrogens is 1. The molecule has 0 unspecified atom stereocenters. The highest BCUT2D eigenvalue weighted by Crippen LogP contribution is 2.06. The summed E-state index contributed by atoms with van der Waals surface area (Å²) in [5, 5.41) is 11.8. The van der Waals surface area contributed by atoms with E-state index in [-0.39, 0.29) is 11.3 Å². The number of amides is 1. The van der Waals surface area contributed by atoms with E-state index in [1.165, 1.54) is 18.3 Å². The van der Waals surface area contributed by atoms with Gasteiger partial charge >= 0.3 is 5.97 Å². The van der Waals surface area contributed by atoms with E-state index in [1.807, 2.05) is 0 Å². The molecule has 1 rings (SSSR count). The van der Waals surface area contributed by atoms with Gasteiger partial charge in [0.05, 0.1) is 5.56 Å². The van der Waals surface area contributed by atoms with Crippen LogP contribution in [0.15, 0.2) is 18.3 Å². The SMILES string of the molecule is CC(C)N(CCNC(=O)c1ncccc1C(=O)O)C(C)C. The van der Waals surface area contributed by atoms with Crippen molar-refractivity contribution < 1.29 is 14.7 Å². The number of carbonyl (C=O) groups is 2. The van der Waals surface area contributed by atoms with Crippen molar-refractivity contribution in [3.63, 3.8) is 0 Å². The van der Waals surface area contributed by atoms with E-state index in [9.17, 15) is 9.59 Å². The second-order valence-electron chi connectivity index (χ2n) is 5.39. The first-order chi connectivity index (χ1) is 9.84. The van der Waals surface area contributed by atoms with Crippen LogP contribution in [0, 0.1) is 0 Å². The predicted molar refractivity (Wildman–Crippen MR) is 80.5 cm³/mol. The number of carbonyl (C=O) groups excluding carboxylic acids is 1. The molecule has 0 saturated heterocycles. The van der Waals surface area contributed by atoms with Gasteiger partial charge in [-0.15, -0.1) is 0 Å². The molecule has 6 heteroatoms. The van der Waals surface area contributed by atoms with Gasteiger partial charge in [0, 0.05) is 31.4 Å². The Hall–Kier alpha value is -1.95. The Labute approximate surface area is 125 Å². The van der Waals surface area contributed by atoms with Crippen LogP contribution in [0.2, 0.25) is 0 Å². The zero-order valence-corrected chi connectivity index (χ0v) is 13.0. The lowest BCUT2D eigenvalue weighted by molar-refractivity contribution is 0.0689. The number of nitrogens with zero attached hydrogens (tertiary/aromatic N) is 2. The van der Waals surface area contributed by atoms with Gasteiger partial charge in [-0.25, -0.2) is 4.79 Å². The number of aromatic carboxylic acids is 1. The Balaban J connectivity index is 2.65. The van der Waals surface area contributed by atoms with Gasteiger partial charge < -0.3 is 10.4 Å². The fourth-order valence-corrected chi connectivity index (χ4v) is 2.25. The first kappa shape index (κ1) is 17.1. The molecule has 1 aromatic rings. The zero-order valence-electron chi connectivity index (χ0n) is 13.0. The van der Waals surface area contributed by atoms with Crippen molar-refractivity contribution in [2.24, 2.45) is 0 Å². The second-order valence-corrected chi connectivity index (χ2v) is 5.39. The lowest BCUT2D eigenvalue weighted by atomic mass is 10.2. The van der Waals surface area contributed by atoms with Crippen molar-refractivity contribution in [2.45, 2.75) is 39.8 Å². The third-order valence-electron chi connectivity index (χ3n) is 3.24. The third-order valence-corrected chi connectivity index (χ3v) is 3.24. The molecule has 1 amide bonds. The lowest BCUT2D eigenvalue weighted by Gasteiger charge is -2.30. The summed E-state index contributed by atoms with van der Waals surface area (Å²) in [6.07, 6.45) is 1.41. The Morgan fingerprint density at radius 3 is 2.43 bits per heavy atom. The Morgan fingerprint density at radius 1 is 1.29 bits per heavy atom. The average Bonchev–Trinajstić information content (AvgIpc) is 2.42. The molecule has 0 spiro atoms. The van der Waals surface area contributed by atoms with Crippen molar-refractivity contribution in [1.29, 1.82) is 0 Å². The maximum absolute atomic E-state index is 12.0. The Kier molecular flexibility index (Phi) is 6.30. The normalized spacial score (nSPS) is 11.2. The first-order valence-electron chi connectivity index (χ1n) is 7.06. The minimum atomic E-state index is -1.15. The van der Waals surface area contributed by atoms with Crippen LogP contribution < -0.4 is 5.32 Å². The molecule has 0 atom stereocenters. The van der Waals surface area contributed by atoms with E-state index >= 15 is 0 Å². The summed E-state index contributed by atoms with van der Waals surface area (Å²) in [7, 11) is 0. The quantitative estimate of drug-likeness (QED) is 0.798. The Morgan fingerprint density at radius 2 is 1.90 bits per heavy atom. The number of rotatable bonds is 7. The van der Waals surface area contributed by atoms with Gasteiger partial charge in [0.1, 0.15) is 5.69 Å². The summed E-state index contributed by atoms with van der Waals surface area (Å²) < 4.78 is 0. The van der Waals surface area contributed by atoms with Gasteiger partial charge in [0.15, 0.2) is 0 Å². The van der Waals surface area contributed by atoms with E-state index in [0.29, 0.717) is 25.2 Å². The van der Waals surface area contributed by atoms with E-state index in [1.54, 1.807) is 0 Å². The van der Waals surface area contributed by atoms with Crippen LogP contribution in [0.4, 0.5) is 0 Å². The van der Waals surface area contributed by atoms with Crippen LogP contribution in [0.1, 0.15) is 48.5 Å². The molecule has 2 N–H and O–H groups in total. The number of carboxylic acids is 1. The monoisotopic (exact) mass is 293 g/mol. The highest BCUT2D eigenvalue weighted by Gasteiger charge is 2.18. The standard InChI is InChI=1S/C15H23N3O3/c1-10(2)18(11(3)4)9-8-17-14(19)13-12(15(20)21)6-5-7-16-13/h5-7,10-11H,8-9H2,1-4H3,(H,17,19)(H,20,21). The molecule has 0 aliphatic carbocycles. The molecule has 1 heterocycles. The van der Waals surface area contributed by atoms with Crippen molar-refractivity contribution in [3.05, 3.63) is 29.6 Å². The van der Waals surface area contributed by atoms with Crippen LogP contribution >= 0.6 is 0 Å².